The van der Waals surface area contributed by atoms with E-state index in [0.717, 1.165) is 30.8 Å². The van der Waals surface area contributed by atoms with E-state index in [1.165, 1.54) is 11.1 Å². The molecule has 2 nitrogen and oxygen atoms in total. The fourth-order valence-electron chi connectivity index (χ4n) is 1.93. The monoisotopic (exact) mass is 255 g/mol. The van der Waals surface area contributed by atoms with Gasteiger partial charge in [-0.2, -0.15) is 0 Å². The van der Waals surface area contributed by atoms with Gasteiger partial charge < -0.3 is 10.5 Å². The highest BCUT2D eigenvalue weighted by Gasteiger charge is 2.00. The second-order valence-electron chi connectivity index (χ2n) is 4.63. The van der Waals surface area contributed by atoms with Crippen molar-refractivity contribution in [3.05, 3.63) is 54.1 Å². The topological polar surface area (TPSA) is 35.2 Å². The third-order valence-corrected chi connectivity index (χ3v) is 3.12. The van der Waals surface area contributed by atoms with Crippen molar-refractivity contribution in [2.75, 3.05) is 6.61 Å². The predicted molar refractivity (Wildman–Crippen MR) is 80.2 cm³/mol. The SMILES string of the molecule is CCCCOc1cccc(-c2ccc(CN)cc2)c1. The van der Waals surface area contributed by atoms with Crippen LogP contribution in [0.1, 0.15) is 25.3 Å². The zero-order valence-corrected chi connectivity index (χ0v) is 11.4. The molecule has 0 saturated carbocycles. The molecule has 0 bridgehead atoms. The van der Waals surface area contributed by atoms with Crippen LogP contribution in [0.3, 0.4) is 0 Å². The molecule has 0 fully saturated rings. The number of rotatable bonds is 6. The van der Waals surface area contributed by atoms with Crippen molar-refractivity contribution in [3.8, 4) is 16.9 Å². The molecule has 0 aliphatic carbocycles. The van der Waals surface area contributed by atoms with Crippen LogP contribution in [0.15, 0.2) is 48.5 Å². The van der Waals surface area contributed by atoms with E-state index in [2.05, 4.69) is 43.3 Å². The molecule has 0 aromatic heterocycles. The normalized spacial score (nSPS) is 10.4. The number of unbranched alkanes of at least 4 members (excludes halogenated alkanes) is 1. The Bertz CT molecular complexity index is 505. The second-order valence-corrected chi connectivity index (χ2v) is 4.63. The van der Waals surface area contributed by atoms with Crippen LogP contribution in [0.2, 0.25) is 0 Å². The van der Waals surface area contributed by atoms with Gasteiger partial charge in [0.2, 0.25) is 0 Å². The van der Waals surface area contributed by atoms with E-state index >= 15 is 0 Å². The van der Waals surface area contributed by atoms with Gasteiger partial charge in [-0.3, -0.25) is 0 Å². The van der Waals surface area contributed by atoms with Crippen LogP contribution in [-0.4, -0.2) is 6.61 Å². The standard InChI is InChI=1S/C17H21NO/c1-2-3-11-19-17-6-4-5-16(12-17)15-9-7-14(13-18)8-10-15/h4-10,12H,2-3,11,13,18H2,1H3. The zero-order valence-electron chi connectivity index (χ0n) is 11.4. The zero-order chi connectivity index (χ0) is 13.5. The van der Waals surface area contributed by atoms with Crippen LogP contribution in [0.4, 0.5) is 0 Å². The molecular weight excluding hydrogens is 234 g/mol. The van der Waals surface area contributed by atoms with E-state index < -0.39 is 0 Å². The van der Waals surface area contributed by atoms with Crippen molar-refractivity contribution in [3.63, 3.8) is 0 Å². The van der Waals surface area contributed by atoms with Gasteiger partial charge in [0.25, 0.3) is 0 Å². The van der Waals surface area contributed by atoms with Crippen molar-refractivity contribution in [1.82, 2.24) is 0 Å². The first kappa shape index (κ1) is 13.6. The van der Waals surface area contributed by atoms with Crippen LogP contribution >= 0.6 is 0 Å². The van der Waals surface area contributed by atoms with Crippen LogP contribution in [0.25, 0.3) is 11.1 Å². The Labute approximate surface area is 115 Å². The van der Waals surface area contributed by atoms with E-state index in [1.54, 1.807) is 0 Å². The summed E-state index contributed by atoms with van der Waals surface area (Å²) in [6.07, 6.45) is 2.25. The summed E-state index contributed by atoms with van der Waals surface area (Å²) in [5.41, 5.74) is 9.13. The Morgan fingerprint density at radius 2 is 1.79 bits per heavy atom. The molecule has 0 radical (unpaired) electrons. The molecule has 0 heterocycles. The van der Waals surface area contributed by atoms with E-state index in [-0.39, 0.29) is 0 Å². The molecule has 2 aromatic rings. The number of benzene rings is 2. The highest BCUT2D eigenvalue weighted by atomic mass is 16.5. The Balaban J connectivity index is 2.12. The highest BCUT2D eigenvalue weighted by molar-refractivity contribution is 5.65. The minimum atomic E-state index is 0.584. The summed E-state index contributed by atoms with van der Waals surface area (Å²) in [5.74, 6) is 0.939. The molecule has 0 unspecified atom stereocenters. The fraction of sp³-hybridized carbons (Fsp3) is 0.294. The summed E-state index contributed by atoms with van der Waals surface area (Å²) in [5, 5.41) is 0. The molecule has 0 aliphatic rings. The van der Waals surface area contributed by atoms with Crippen molar-refractivity contribution < 1.29 is 4.74 Å². The Hall–Kier alpha value is -1.80. The summed E-state index contributed by atoms with van der Waals surface area (Å²) in [7, 11) is 0. The first-order valence-electron chi connectivity index (χ1n) is 6.85. The maximum absolute atomic E-state index is 5.73. The van der Waals surface area contributed by atoms with Crippen LogP contribution in [0.5, 0.6) is 5.75 Å². The Kier molecular flexibility index (Phi) is 4.99. The number of ether oxygens (including phenoxy) is 1. The van der Waals surface area contributed by atoms with Crippen molar-refractivity contribution in [2.24, 2.45) is 5.73 Å². The second kappa shape index (κ2) is 6.95. The van der Waals surface area contributed by atoms with Gasteiger partial charge in [-0.15, -0.1) is 0 Å². The molecule has 2 heteroatoms. The summed E-state index contributed by atoms with van der Waals surface area (Å²) >= 11 is 0. The molecule has 0 saturated heterocycles. The average molecular weight is 255 g/mol. The molecule has 2 N–H and O–H groups in total. The minimum Gasteiger partial charge on any atom is -0.494 e. The lowest BCUT2D eigenvalue weighted by Gasteiger charge is -2.08. The number of nitrogens with two attached hydrogens (primary N) is 1. The van der Waals surface area contributed by atoms with Gasteiger partial charge in [-0.25, -0.2) is 0 Å². The molecular formula is C17H21NO. The van der Waals surface area contributed by atoms with Gasteiger partial charge >= 0.3 is 0 Å². The van der Waals surface area contributed by atoms with Gasteiger partial charge in [0.05, 0.1) is 6.61 Å². The summed E-state index contributed by atoms with van der Waals surface area (Å²) in [4.78, 5) is 0. The fourth-order valence-corrected chi connectivity index (χ4v) is 1.93. The number of hydrogen-bond donors (Lipinski definition) is 1. The summed E-state index contributed by atoms with van der Waals surface area (Å²) in [6, 6.07) is 16.6. The maximum atomic E-state index is 5.73. The van der Waals surface area contributed by atoms with Crippen molar-refractivity contribution in [2.45, 2.75) is 26.3 Å². The molecule has 2 aromatic carbocycles. The van der Waals surface area contributed by atoms with Gasteiger partial charge in [-0.1, -0.05) is 49.7 Å². The van der Waals surface area contributed by atoms with Crippen molar-refractivity contribution >= 4 is 0 Å². The molecule has 0 amide bonds. The van der Waals surface area contributed by atoms with Crippen LogP contribution in [-0.2, 0) is 6.54 Å². The molecule has 19 heavy (non-hydrogen) atoms. The highest BCUT2D eigenvalue weighted by Crippen LogP contribution is 2.24. The van der Waals surface area contributed by atoms with Crippen LogP contribution in [0, 0.1) is 0 Å². The Morgan fingerprint density at radius 1 is 1.00 bits per heavy atom. The van der Waals surface area contributed by atoms with Gasteiger partial charge in [0.15, 0.2) is 0 Å². The maximum Gasteiger partial charge on any atom is 0.119 e. The van der Waals surface area contributed by atoms with E-state index in [4.69, 9.17) is 10.5 Å². The quantitative estimate of drug-likeness (QED) is 0.792. The average Bonchev–Trinajstić information content (AvgIpc) is 2.48. The van der Waals surface area contributed by atoms with E-state index in [1.807, 2.05) is 12.1 Å². The molecule has 2 rings (SSSR count). The largest absolute Gasteiger partial charge is 0.494 e. The summed E-state index contributed by atoms with van der Waals surface area (Å²) < 4.78 is 5.73. The van der Waals surface area contributed by atoms with Crippen molar-refractivity contribution in [1.29, 1.82) is 0 Å². The van der Waals surface area contributed by atoms with Gasteiger partial charge in [0, 0.05) is 6.54 Å². The van der Waals surface area contributed by atoms with E-state index in [0.29, 0.717) is 6.54 Å². The minimum absolute atomic E-state index is 0.584. The summed E-state index contributed by atoms with van der Waals surface area (Å²) in [6.45, 7) is 3.53. The molecule has 0 spiro atoms. The lowest BCUT2D eigenvalue weighted by molar-refractivity contribution is 0.309. The van der Waals surface area contributed by atoms with Crippen LogP contribution < -0.4 is 10.5 Å². The smallest absolute Gasteiger partial charge is 0.119 e. The third-order valence-electron chi connectivity index (χ3n) is 3.12. The lowest BCUT2D eigenvalue weighted by Crippen LogP contribution is -1.96. The molecule has 0 aliphatic heterocycles. The predicted octanol–water partition coefficient (Wildman–Crippen LogP) is 3.99. The third kappa shape index (κ3) is 3.83. The van der Waals surface area contributed by atoms with E-state index in [9.17, 15) is 0 Å². The first-order chi connectivity index (χ1) is 9.33. The first-order valence-corrected chi connectivity index (χ1v) is 6.85. The Morgan fingerprint density at radius 3 is 2.47 bits per heavy atom. The van der Waals surface area contributed by atoms with Gasteiger partial charge in [-0.05, 0) is 35.2 Å². The lowest BCUT2D eigenvalue weighted by atomic mass is 10.0. The molecule has 100 valence electrons. The molecule has 0 atom stereocenters. The van der Waals surface area contributed by atoms with Gasteiger partial charge in [0.1, 0.15) is 5.75 Å². The number of hydrogen-bond acceptors (Lipinski definition) is 2.